The maximum absolute atomic E-state index is 13.6. The smallest absolute Gasteiger partial charge is 0.278 e. The molecule has 1 aromatic carbocycles. The van der Waals surface area contributed by atoms with Crippen LogP contribution in [0.1, 0.15) is 6.42 Å². The number of benzene rings is 1. The first-order chi connectivity index (χ1) is 9.47. The fraction of sp³-hybridized carbons (Fsp3) is 0.250. The number of carbonyl (C=O) groups is 2. The molecule has 2 heterocycles. The van der Waals surface area contributed by atoms with Crippen LogP contribution in [0.15, 0.2) is 12.1 Å². The number of carbonyl (C=O) groups excluding carboxylic acids is 2. The Morgan fingerprint density at radius 2 is 2.15 bits per heavy atom. The van der Waals surface area contributed by atoms with E-state index < -0.39 is 6.03 Å². The number of fused-ring (bicyclic) bond motifs is 1. The second-order valence-corrected chi connectivity index (χ2v) is 5.65. The average Bonchev–Trinajstić information content (AvgIpc) is 2.66. The van der Waals surface area contributed by atoms with Gasteiger partial charge in [-0.3, -0.25) is 19.7 Å². The summed E-state index contributed by atoms with van der Waals surface area (Å²) in [4.78, 5) is 24.4. The van der Waals surface area contributed by atoms with E-state index in [0.717, 1.165) is 5.52 Å². The Bertz CT molecular complexity index is 743. The number of anilines is 1. The van der Waals surface area contributed by atoms with E-state index in [1.54, 1.807) is 11.7 Å². The Morgan fingerprint density at radius 3 is 2.85 bits per heavy atom. The number of imide groups is 1. The maximum atomic E-state index is 13.6. The molecule has 0 aliphatic carbocycles. The van der Waals surface area contributed by atoms with Gasteiger partial charge in [0, 0.05) is 29.0 Å². The first-order valence-electron chi connectivity index (χ1n) is 5.90. The van der Waals surface area contributed by atoms with E-state index in [2.05, 4.69) is 10.4 Å². The lowest BCUT2D eigenvalue weighted by molar-refractivity contribution is -0.120. The van der Waals surface area contributed by atoms with Gasteiger partial charge in [-0.2, -0.15) is 5.10 Å². The van der Waals surface area contributed by atoms with Crippen LogP contribution >= 0.6 is 22.6 Å². The van der Waals surface area contributed by atoms with Crippen molar-refractivity contribution in [3.63, 3.8) is 0 Å². The molecular weight excluding hydrogens is 378 g/mol. The molecule has 0 spiro atoms. The zero-order valence-electron chi connectivity index (χ0n) is 10.5. The van der Waals surface area contributed by atoms with Gasteiger partial charge in [0.25, 0.3) is 0 Å². The Labute approximate surface area is 127 Å². The van der Waals surface area contributed by atoms with E-state index in [4.69, 9.17) is 0 Å². The molecule has 1 aliphatic rings. The number of amides is 3. The van der Waals surface area contributed by atoms with Gasteiger partial charge in [-0.15, -0.1) is 0 Å². The van der Waals surface area contributed by atoms with Gasteiger partial charge in [0.2, 0.25) is 5.91 Å². The van der Waals surface area contributed by atoms with Gasteiger partial charge in [0.15, 0.2) is 5.82 Å². The average molecular weight is 388 g/mol. The van der Waals surface area contributed by atoms with Crippen molar-refractivity contribution in [2.45, 2.75) is 6.42 Å². The van der Waals surface area contributed by atoms with Gasteiger partial charge in [-0.05, 0) is 34.7 Å². The molecule has 0 unspecified atom stereocenters. The lowest BCUT2D eigenvalue weighted by atomic mass is 10.2. The van der Waals surface area contributed by atoms with E-state index in [1.807, 2.05) is 22.6 Å². The summed E-state index contributed by atoms with van der Waals surface area (Å²) >= 11 is 2.03. The number of rotatable bonds is 1. The van der Waals surface area contributed by atoms with Crippen LogP contribution in [0.4, 0.5) is 15.0 Å². The van der Waals surface area contributed by atoms with Crippen LogP contribution in [0.2, 0.25) is 0 Å². The molecule has 0 saturated carbocycles. The normalized spacial score (nSPS) is 15.8. The Morgan fingerprint density at radius 1 is 1.40 bits per heavy atom. The summed E-state index contributed by atoms with van der Waals surface area (Å²) in [6.07, 6.45) is 0.205. The minimum atomic E-state index is -0.527. The van der Waals surface area contributed by atoms with Crippen LogP contribution in [0.3, 0.4) is 0 Å². The Kier molecular flexibility index (Phi) is 3.11. The van der Waals surface area contributed by atoms with E-state index in [-0.39, 0.29) is 24.7 Å². The molecule has 1 aliphatic heterocycles. The zero-order chi connectivity index (χ0) is 14.4. The van der Waals surface area contributed by atoms with Crippen molar-refractivity contribution in [3.05, 3.63) is 21.5 Å². The molecule has 0 bridgehead atoms. The molecular formula is C12H10FIN4O2. The van der Waals surface area contributed by atoms with Crippen LogP contribution in [0.25, 0.3) is 10.9 Å². The van der Waals surface area contributed by atoms with Crippen molar-refractivity contribution in [2.24, 2.45) is 7.05 Å². The standard InChI is InChI=1S/C12H10FIN4O2/c1-17-10-7(4-6(13)5-8(10)14)11(16-17)18-3-2-9(19)15-12(18)20/h4-5H,2-3H2,1H3,(H,15,19,20). The van der Waals surface area contributed by atoms with Crippen LogP contribution in [-0.2, 0) is 11.8 Å². The highest BCUT2D eigenvalue weighted by molar-refractivity contribution is 14.1. The molecule has 2 aromatic rings. The highest BCUT2D eigenvalue weighted by atomic mass is 127. The fourth-order valence-corrected chi connectivity index (χ4v) is 3.21. The second kappa shape index (κ2) is 4.69. The highest BCUT2D eigenvalue weighted by Crippen LogP contribution is 2.30. The quantitative estimate of drug-likeness (QED) is 0.758. The molecule has 0 radical (unpaired) electrons. The topological polar surface area (TPSA) is 67.2 Å². The third-order valence-electron chi connectivity index (χ3n) is 3.15. The summed E-state index contributed by atoms with van der Waals surface area (Å²) in [7, 11) is 1.74. The zero-order valence-corrected chi connectivity index (χ0v) is 12.6. The number of nitrogens with zero attached hydrogens (tertiary/aromatic N) is 3. The molecule has 8 heteroatoms. The van der Waals surface area contributed by atoms with Crippen LogP contribution in [0.5, 0.6) is 0 Å². The van der Waals surface area contributed by atoms with Crippen LogP contribution in [0, 0.1) is 9.39 Å². The first-order valence-corrected chi connectivity index (χ1v) is 6.98. The fourth-order valence-electron chi connectivity index (χ4n) is 2.28. The minimum Gasteiger partial charge on any atom is -0.278 e. The van der Waals surface area contributed by atoms with Gasteiger partial charge in [0.05, 0.1) is 5.52 Å². The summed E-state index contributed by atoms with van der Waals surface area (Å²) in [6.45, 7) is 0.240. The minimum absolute atomic E-state index is 0.205. The molecule has 1 aromatic heterocycles. The molecule has 1 saturated heterocycles. The number of aromatic nitrogens is 2. The van der Waals surface area contributed by atoms with Crippen molar-refractivity contribution >= 4 is 51.2 Å². The number of nitrogens with one attached hydrogen (secondary N) is 1. The van der Waals surface area contributed by atoms with Gasteiger partial charge in [-0.25, -0.2) is 9.18 Å². The highest BCUT2D eigenvalue weighted by Gasteiger charge is 2.28. The number of hydrogen-bond donors (Lipinski definition) is 1. The predicted molar refractivity (Wildman–Crippen MR) is 78.9 cm³/mol. The summed E-state index contributed by atoms with van der Waals surface area (Å²) in [5.74, 6) is -0.332. The summed E-state index contributed by atoms with van der Waals surface area (Å²) in [5.41, 5.74) is 0.756. The third-order valence-corrected chi connectivity index (χ3v) is 3.97. The van der Waals surface area contributed by atoms with Gasteiger partial charge < -0.3 is 0 Å². The summed E-state index contributed by atoms with van der Waals surface area (Å²) in [5, 5.41) is 7.08. The van der Waals surface area contributed by atoms with Gasteiger partial charge >= 0.3 is 6.03 Å². The second-order valence-electron chi connectivity index (χ2n) is 4.49. The predicted octanol–water partition coefficient (Wildman–Crippen LogP) is 1.76. The molecule has 1 fully saturated rings. The number of halogens is 2. The van der Waals surface area contributed by atoms with Crippen molar-refractivity contribution in [2.75, 3.05) is 11.4 Å². The van der Waals surface area contributed by atoms with Crippen molar-refractivity contribution in [1.29, 1.82) is 0 Å². The van der Waals surface area contributed by atoms with Gasteiger partial charge in [0.1, 0.15) is 5.82 Å². The summed E-state index contributed by atoms with van der Waals surface area (Å²) in [6, 6.07) is 2.23. The Balaban J connectivity index is 2.17. The monoisotopic (exact) mass is 388 g/mol. The van der Waals surface area contributed by atoms with Crippen LogP contribution in [-0.4, -0.2) is 28.3 Å². The maximum Gasteiger partial charge on any atom is 0.329 e. The molecule has 20 heavy (non-hydrogen) atoms. The molecule has 3 amide bonds. The van der Waals surface area contributed by atoms with E-state index in [9.17, 15) is 14.0 Å². The first kappa shape index (κ1) is 13.3. The lowest BCUT2D eigenvalue weighted by Crippen LogP contribution is -2.49. The lowest BCUT2D eigenvalue weighted by Gasteiger charge is -2.24. The number of aryl methyl sites for hydroxylation is 1. The van der Waals surface area contributed by atoms with Crippen molar-refractivity contribution in [1.82, 2.24) is 15.1 Å². The molecule has 104 valence electrons. The molecule has 1 N–H and O–H groups in total. The SMILES string of the molecule is Cn1nc(N2CCC(=O)NC2=O)c2cc(F)cc(I)c21. The van der Waals surface area contributed by atoms with Gasteiger partial charge in [-0.1, -0.05) is 0 Å². The van der Waals surface area contributed by atoms with Crippen molar-refractivity contribution < 1.29 is 14.0 Å². The van der Waals surface area contributed by atoms with E-state index >= 15 is 0 Å². The molecule has 6 nitrogen and oxygen atoms in total. The molecule has 0 atom stereocenters. The molecule has 3 rings (SSSR count). The summed E-state index contributed by atoms with van der Waals surface area (Å²) < 4.78 is 15.9. The van der Waals surface area contributed by atoms with E-state index in [0.29, 0.717) is 14.8 Å². The largest absolute Gasteiger partial charge is 0.329 e. The van der Waals surface area contributed by atoms with E-state index in [1.165, 1.54) is 17.0 Å². The van der Waals surface area contributed by atoms with Crippen molar-refractivity contribution in [3.8, 4) is 0 Å². The Hall–Kier alpha value is -1.71. The third kappa shape index (κ3) is 2.03. The number of hydrogen-bond acceptors (Lipinski definition) is 3. The number of urea groups is 1. The van der Waals surface area contributed by atoms with Crippen LogP contribution < -0.4 is 10.2 Å².